The Morgan fingerprint density at radius 1 is 1.35 bits per heavy atom. The van der Waals surface area contributed by atoms with Crippen molar-refractivity contribution in [2.24, 2.45) is 5.41 Å². The van der Waals surface area contributed by atoms with Gasteiger partial charge in [0.15, 0.2) is 0 Å². The molecule has 17 heavy (non-hydrogen) atoms. The van der Waals surface area contributed by atoms with E-state index in [4.69, 9.17) is 5.26 Å². The third kappa shape index (κ3) is 4.70. The molecule has 0 saturated heterocycles. The molecule has 0 radical (unpaired) electrons. The first-order valence-corrected chi connectivity index (χ1v) is 7.05. The van der Waals surface area contributed by atoms with Crippen LogP contribution in [0, 0.1) is 16.7 Å². The van der Waals surface area contributed by atoms with Crippen LogP contribution in [-0.2, 0) is 0 Å². The fourth-order valence-electron chi connectivity index (χ4n) is 1.61. The number of thioether (sulfide) groups is 1. The van der Waals surface area contributed by atoms with Crippen LogP contribution in [0.4, 0.5) is 5.69 Å². The van der Waals surface area contributed by atoms with Crippen molar-refractivity contribution in [1.29, 1.82) is 5.26 Å². The Hall–Kier alpha value is -1.14. The molecule has 0 saturated carbocycles. The van der Waals surface area contributed by atoms with Gasteiger partial charge in [0.2, 0.25) is 0 Å². The van der Waals surface area contributed by atoms with Crippen molar-refractivity contribution in [1.82, 2.24) is 0 Å². The Bertz CT molecular complexity index is 393. The summed E-state index contributed by atoms with van der Waals surface area (Å²) in [6, 6.07) is 10.5. The minimum atomic E-state index is 0.154. The predicted octanol–water partition coefficient (Wildman–Crippen LogP) is 4.15. The first-order valence-electron chi connectivity index (χ1n) is 5.83. The summed E-state index contributed by atoms with van der Waals surface area (Å²) in [5, 5.41) is 12.1. The molecule has 2 nitrogen and oxygen atoms in total. The Balaban J connectivity index is 2.58. The first-order chi connectivity index (χ1) is 8.09. The Morgan fingerprint density at radius 2 is 2.06 bits per heavy atom. The summed E-state index contributed by atoms with van der Waals surface area (Å²) in [6.07, 6.45) is 3.64. The number of anilines is 1. The predicted molar refractivity (Wildman–Crippen MR) is 75.3 cm³/mol. The van der Waals surface area contributed by atoms with E-state index in [9.17, 15) is 0 Å². The van der Waals surface area contributed by atoms with Crippen LogP contribution in [-0.4, -0.2) is 12.8 Å². The van der Waals surface area contributed by atoms with E-state index >= 15 is 0 Å². The Morgan fingerprint density at radius 3 is 2.71 bits per heavy atom. The van der Waals surface area contributed by atoms with Crippen molar-refractivity contribution in [3.8, 4) is 6.07 Å². The second kappa shape index (κ2) is 6.56. The fourth-order valence-corrected chi connectivity index (χ4v) is 2.18. The standard InChI is InChI=1S/C14H20N2S/c1-14(2,9-6-10-15)11-16-12-7-4-5-8-13(12)17-3/h4-5,7-8,16H,6,9,11H2,1-3H3. The average molecular weight is 248 g/mol. The molecule has 3 heteroatoms. The Labute approximate surface area is 108 Å². The summed E-state index contributed by atoms with van der Waals surface area (Å²) < 4.78 is 0. The smallest absolute Gasteiger partial charge is 0.0621 e. The minimum absolute atomic E-state index is 0.154. The zero-order valence-electron chi connectivity index (χ0n) is 10.8. The summed E-state index contributed by atoms with van der Waals surface area (Å²) in [4.78, 5) is 1.27. The normalized spacial score (nSPS) is 10.9. The van der Waals surface area contributed by atoms with Gasteiger partial charge in [-0.2, -0.15) is 5.26 Å². The largest absolute Gasteiger partial charge is 0.384 e. The maximum absolute atomic E-state index is 8.62. The molecule has 0 heterocycles. The van der Waals surface area contributed by atoms with Crippen LogP contribution in [0.15, 0.2) is 29.2 Å². The molecule has 1 rings (SSSR count). The molecule has 1 aromatic rings. The minimum Gasteiger partial charge on any atom is -0.384 e. The summed E-state index contributed by atoms with van der Waals surface area (Å²) in [5.41, 5.74) is 1.34. The van der Waals surface area contributed by atoms with E-state index in [1.807, 2.05) is 6.07 Å². The number of rotatable bonds is 6. The number of nitrogens with zero attached hydrogens (tertiary/aromatic N) is 1. The lowest BCUT2D eigenvalue weighted by atomic mass is 9.88. The summed E-state index contributed by atoms with van der Waals surface area (Å²) in [7, 11) is 0. The SMILES string of the molecule is CSc1ccccc1NCC(C)(C)CCC#N. The van der Waals surface area contributed by atoms with E-state index in [1.54, 1.807) is 11.8 Å². The molecule has 0 aliphatic heterocycles. The summed E-state index contributed by atoms with van der Waals surface area (Å²) in [5.74, 6) is 0. The van der Waals surface area contributed by atoms with Crippen LogP contribution in [0.2, 0.25) is 0 Å². The molecule has 0 amide bonds. The van der Waals surface area contributed by atoms with E-state index in [2.05, 4.69) is 49.7 Å². The monoisotopic (exact) mass is 248 g/mol. The van der Waals surface area contributed by atoms with Gasteiger partial charge in [-0.25, -0.2) is 0 Å². The van der Waals surface area contributed by atoms with Crippen LogP contribution in [0.3, 0.4) is 0 Å². The lowest BCUT2D eigenvalue weighted by Crippen LogP contribution is -2.23. The molecule has 0 atom stereocenters. The van der Waals surface area contributed by atoms with Gasteiger partial charge in [-0.3, -0.25) is 0 Å². The zero-order chi connectivity index (χ0) is 12.7. The van der Waals surface area contributed by atoms with E-state index in [1.165, 1.54) is 10.6 Å². The molecular weight excluding hydrogens is 228 g/mol. The third-order valence-corrected chi connectivity index (χ3v) is 3.57. The number of nitriles is 1. The van der Waals surface area contributed by atoms with Gasteiger partial charge in [-0.15, -0.1) is 11.8 Å². The Kier molecular flexibility index (Phi) is 5.37. The molecule has 0 unspecified atom stereocenters. The number of para-hydroxylation sites is 1. The lowest BCUT2D eigenvalue weighted by molar-refractivity contribution is 0.363. The van der Waals surface area contributed by atoms with Gasteiger partial charge in [0.25, 0.3) is 0 Å². The highest BCUT2D eigenvalue weighted by Crippen LogP contribution is 2.27. The highest BCUT2D eigenvalue weighted by atomic mass is 32.2. The molecular formula is C14H20N2S. The quantitative estimate of drug-likeness (QED) is 0.768. The van der Waals surface area contributed by atoms with Crippen molar-refractivity contribution in [3.63, 3.8) is 0 Å². The van der Waals surface area contributed by atoms with Gasteiger partial charge in [0, 0.05) is 23.5 Å². The second-order valence-corrected chi connectivity index (χ2v) is 5.72. The third-order valence-electron chi connectivity index (χ3n) is 2.78. The molecule has 0 aliphatic rings. The molecule has 0 spiro atoms. The van der Waals surface area contributed by atoms with Gasteiger partial charge in [-0.05, 0) is 30.2 Å². The van der Waals surface area contributed by atoms with Crippen molar-refractivity contribution in [3.05, 3.63) is 24.3 Å². The summed E-state index contributed by atoms with van der Waals surface area (Å²) >= 11 is 1.75. The van der Waals surface area contributed by atoms with Crippen molar-refractivity contribution in [2.45, 2.75) is 31.6 Å². The highest BCUT2D eigenvalue weighted by Gasteiger charge is 2.17. The highest BCUT2D eigenvalue weighted by molar-refractivity contribution is 7.98. The van der Waals surface area contributed by atoms with Crippen LogP contribution >= 0.6 is 11.8 Å². The molecule has 0 aromatic heterocycles. The van der Waals surface area contributed by atoms with E-state index < -0.39 is 0 Å². The van der Waals surface area contributed by atoms with Gasteiger partial charge in [0.1, 0.15) is 0 Å². The number of hydrogen-bond donors (Lipinski definition) is 1. The van der Waals surface area contributed by atoms with E-state index in [0.29, 0.717) is 6.42 Å². The topological polar surface area (TPSA) is 35.8 Å². The zero-order valence-corrected chi connectivity index (χ0v) is 11.6. The first kappa shape index (κ1) is 13.9. The molecule has 92 valence electrons. The number of benzene rings is 1. The second-order valence-electron chi connectivity index (χ2n) is 4.88. The van der Waals surface area contributed by atoms with Gasteiger partial charge in [-0.1, -0.05) is 26.0 Å². The van der Waals surface area contributed by atoms with Crippen LogP contribution in [0.1, 0.15) is 26.7 Å². The van der Waals surface area contributed by atoms with Crippen LogP contribution < -0.4 is 5.32 Å². The molecule has 0 aliphatic carbocycles. The van der Waals surface area contributed by atoms with Crippen LogP contribution in [0.5, 0.6) is 0 Å². The van der Waals surface area contributed by atoms with Crippen molar-refractivity contribution in [2.75, 3.05) is 18.1 Å². The lowest BCUT2D eigenvalue weighted by Gasteiger charge is -2.25. The molecule has 1 N–H and O–H groups in total. The van der Waals surface area contributed by atoms with Gasteiger partial charge < -0.3 is 5.32 Å². The van der Waals surface area contributed by atoms with Crippen LogP contribution in [0.25, 0.3) is 0 Å². The fraction of sp³-hybridized carbons (Fsp3) is 0.500. The number of hydrogen-bond acceptors (Lipinski definition) is 3. The van der Waals surface area contributed by atoms with Gasteiger partial charge >= 0.3 is 0 Å². The van der Waals surface area contributed by atoms with Crippen molar-refractivity contribution < 1.29 is 0 Å². The molecule has 1 aromatic carbocycles. The van der Waals surface area contributed by atoms with E-state index in [0.717, 1.165) is 13.0 Å². The molecule has 0 fully saturated rings. The maximum Gasteiger partial charge on any atom is 0.0621 e. The average Bonchev–Trinajstić information content (AvgIpc) is 2.34. The summed E-state index contributed by atoms with van der Waals surface area (Å²) in [6.45, 7) is 5.28. The van der Waals surface area contributed by atoms with E-state index in [-0.39, 0.29) is 5.41 Å². The van der Waals surface area contributed by atoms with Gasteiger partial charge in [0.05, 0.1) is 6.07 Å². The maximum atomic E-state index is 8.62. The van der Waals surface area contributed by atoms with Crippen molar-refractivity contribution >= 4 is 17.4 Å². The molecule has 0 bridgehead atoms. The number of nitrogens with one attached hydrogen (secondary N) is 1.